The number of aromatic nitrogens is 1. The Bertz CT molecular complexity index is 376. The van der Waals surface area contributed by atoms with Crippen LogP contribution in [0.5, 0.6) is 0 Å². The van der Waals surface area contributed by atoms with Gasteiger partial charge in [0.15, 0.2) is 0 Å². The lowest BCUT2D eigenvalue weighted by molar-refractivity contribution is -0.0290. The molecule has 0 spiro atoms. The maximum absolute atomic E-state index is 5.68. The van der Waals surface area contributed by atoms with Crippen molar-refractivity contribution in [3.05, 3.63) is 12.0 Å². The van der Waals surface area contributed by atoms with Crippen LogP contribution in [-0.4, -0.2) is 36.8 Å². The van der Waals surface area contributed by atoms with E-state index in [0.29, 0.717) is 6.01 Å². The number of oxazole rings is 1. The van der Waals surface area contributed by atoms with Crippen LogP contribution in [0, 0.1) is 0 Å². The lowest BCUT2D eigenvalue weighted by Crippen LogP contribution is -2.48. The summed E-state index contributed by atoms with van der Waals surface area (Å²) in [7, 11) is 0. The molecular weight excluding hydrogens is 230 g/mol. The highest BCUT2D eigenvalue weighted by atomic mass is 16.5. The zero-order chi connectivity index (χ0) is 13.0. The molecule has 2 rings (SSSR count). The molecule has 0 unspecified atom stereocenters. The normalized spacial score (nSPS) is 19.2. The van der Waals surface area contributed by atoms with Gasteiger partial charge in [-0.25, -0.2) is 0 Å². The van der Waals surface area contributed by atoms with Crippen LogP contribution in [0.25, 0.3) is 0 Å². The molecule has 5 nitrogen and oxygen atoms in total. The number of hydrogen-bond donors (Lipinski definition) is 1. The van der Waals surface area contributed by atoms with E-state index >= 15 is 0 Å². The molecule has 0 saturated carbocycles. The Kier molecular flexibility index (Phi) is 4.24. The van der Waals surface area contributed by atoms with Crippen molar-refractivity contribution in [2.45, 2.75) is 39.3 Å². The van der Waals surface area contributed by atoms with Gasteiger partial charge in [0.2, 0.25) is 0 Å². The van der Waals surface area contributed by atoms with Crippen LogP contribution in [-0.2, 0) is 11.3 Å². The van der Waals surface area contributed by atoms with Crippen molar-refractivity contribution in [1.29, 1.82) is 0 Å². The lowest BCUT2D eigenvalue weighted by atomic mass is 10.1. The second kappa shape index (κ2) is 5.71. The number of rotatable bonds is 5. The third-order valence-corrected chi connectivity index (χ3v) is 2.97. The van der Waals surface area contributed by atoms with Gasteiger partial charge in [-0.15, -0.1) is 0 Å². The topological polar surface area (TPSA) is 50.5 Å². The second-order valence-electron chi connectivity index (χ2n) is 5.33. The predicted octanol–water partition coefficient (Wildman–Crippen LogP) is 1.79. The Morgan fingerprint density at radius 1 is 1.50 bits per heavy atom. The third kappa shape index (κ3) is 3.46. The van der Waals surface area contributed by atoms with Crippen LogP contribution in [0.3, 0.4) is 0 Å². The van der Waals surface area contributed by atoms with E-state index < -0.39 is 0 Å². The van der Waals surface area contributed by atoms with Crippen molar-refractivity contribution in [2.75, 3.05) is 31.1 Å². The van der Waals surface area contributed by atoms with E-state index in [4.69, 9.17) is 9.15 Å². The lowest BCUT2D eigenvalue weighted by Gasteiger charge is -2.37. The average Bonchev–Trinajstić information content (AvgIpc) is 2.77. The molecule has 0 bridgehead atoms. The van der Waals surface area contributed by atoms with Gasteiger partial charge < -0.3 is 19.4 Å². The minimum Gasteiger partial charge on any atom is -0.432 e. The minimum atomic E-state index is -0.132. The van der Waals surface area contributed by atoms with Gasteiger partial charge >= 0.3 is 0 Å². The van der Waals surface area contributed by atoms with E-state index in [2.05, 4.69) is 36.0 Å². The predicted molar refractivity (Wildman–Crippen MR) is 70.7 cm³/mol. The molecule has 1 aromatic rings. The first-order chi connectivity index (χ1) is 8.61. The Hall–Kier alpha value is -1.07. The zero-order valence-corrected chi connectivity index (χ0v) is 11.5. The van der Waals surface area contributed by atoms with E-state index in [1.165, 1.54) is 0 Å². The van der Waals surface area contributed by atoms with Gasteiger partial charge in [0.25, 0.3) is 6.01 Å². The molecule has 102 valence electrons. The van der Waals surface area contributed by atoms with Crippen LogP contribution in [0.1, 0.15) is 32.9 Å². The van der Waals surface area contributed by atoms with E-state index in [-0.39, 0.29) is 5.60 Å². The molecule has 0 aliphatic carbocycles. The summed E-state index contributed by atoms with van der Waals surface area (Å²) in [6.07, 6.45) is 2.86. The first-order valence-electron chi connectivity index (χ1n) is 6.65. The van der Waals surface area contributed by atoms with Gasteiger partial charge in [0.1, 0.15) is 6.26 Å². The maximum Gasteiger partial charge on any atom is 0.297 e. The average molecular weight is 253 g/mol. The number of ether oxygens (including phenoxy) is 1. The molecule has 0 radical (unpaired) electrons. The second-order valence-corrected chi connectivity index (χ2v) is 5.33. The standard InChI is InChI=1S/C13H23N3O2/c1-4-5-14-8-11-9-17-12(15-11)16-6-7-18-13(2,3)10-16/h9,14H,4-8,10H2,1-3H3. The van der Waals surface area contributed by atoms with E-state index in [1.807, 2.05) is 0 Å². The largest absolute Gasteiger partial charge is 0.432 e. The van der Waals surface area contributed by atoms with Crippen molar-refractivity contribution in [3.8, 4) is 0 Å². The fourth-order valence-electron chi connectivity index (χ4n) is 2.10. The van der Waals surface area contributed by atoms with Gasteiger partial charge in [-0.05, 0) is 26.8 Å². The molecule has 1 N–H and O–H groups in total. The summed E-state index contributed by atoms with van der Waals surface area (Å²) in [5, 5.41) is 3.32. The highest BCUT2D eigenvalue weighted by molar-refractivity contribution is 5.28. The van der Waals surface area contributed by atoms with Crippen molar-refractivity contribution in [1.82, 2.24) is 10.3 Å². The van der Waals surface area contributed by atoms with Gasteiger partial charge in [0, 0.05) is 13.1 Å². The highest BCUT2D eigenvalue weighted by Crippen LogP contribution is 2.22. The van der Waals surface area contributed by atoms with Crippen LogP contribution >= 0.6 is 0 Å². The fourth-order valence-corrected chi connectivity index (χ4v) is 2.10. The van der Waals surface area contributed by atoms with E-state index in [1.54, 1.807) is 6.26 Å². The maximum atomic E-state index is 5.68. The quantitative estimate of drug-likeness (QED) is 0.811. The van der Waals surface area contributed by atoms with E-state index in [0.717, 1.165) is 44.9 Å². The smallest absolute Gasteiger partial charge is 0.297 e. The molecule has 1 aromatic heterocycles. The molecule has 1 fully saturated rings. The van der Waals surface area contributed by atoms with Crippen molar-refractivity contribution in [2.24, 2.45) is 0 Å². The van der Waals surface area contributed by atoms with Crippen LogP contribution in [0.2, 0.25) is 0 Å². The molecule has 5 heteroatoms. The molecule has 1 saturated heterocycles. The molecule has 1 aliphatic rings. The molecule has 18 heavy (non-hydrogen) atoms. The number of anilines is 1. The summed E-state index contributed by atoms with van der Waals surface area (Å²) < 4.78 is 11.2. The van der Waals surface area contributed by atoms with Crippen LogP contribution < -0.4 is 10.2 Å². The van der Waals surface area contributed by atoms with Crippen LogP contribution in [0.15, 0.2) is 10.7 Å². The molecule has 0 atom stereocenters. The molecule has 0 aromatic carbocycles. The molecule has 1 aliphatic heterocycles. The molecular formula is C13H23N3O2. The highest BCUT2D eigenvalue weighted by Gasteiger charge is 2.29. The summed E-state index contributed by atoms with van der Waals surface area (Å²) in [4.78, 5) is 6.66. The van der Waals surface area contributed by atoms with E-state index in [9.17, 15) is 0 Å². The summed E-state index contributed by atoms with van der Waals surface area (Å²) in [5.74, 6) is 0. The Balaban J connectivity index is 1.92. The Morgan fingerprint density at radius 2 is 2.33 bits per heavy atom. The summed E-state index contributed by atoms with van der Waals surface area (Å²) >= 11 is 0. The number of hydrogen-bond acceptors (Lipinski definition) is 5. The number of nitrogens with one attached hydrogen (secondary N) is 1. The van der Waals surface area contributed by atoms with Gasteiger partial charge in [-0.2, -0.15) is 4.98 Å². The van der Waals surface area contributed by atoms with Crippen molar-refractivity contribution in [3.63, 3.8) is 0 Å². The molecule has 0 amide bonds. The summed E-state index contributed by atoms with van der Waals surface area (Å²) in [6, 6.07) is 0.708. The monoisotopic (exact) mass is 253 g/mol. The number of nitrogens with zero attached hydrogens (tertiary/aromatic N) is 2. The number of morpholine rings is 1. The van der Waals surface area contributed by atoms with Crippen molar-refractivity contribution >= 4 is 6.01 Å². The SMILES string of the molecule is CCCNCc1coc(N2CCOC(C)(C)C2)n1. The van der Waals surface area contributed by atoms with Crippen LogP contribution in [0.4, 0.5) is 6.01 Å². The minimum absolute atomic E-state index is 0.132. The Morgan fingerprint density at radius 3 is 3.06 bits per heavy atom. The fraction of sp³-hybridized carbons (Fsp3) is 0.769. The molecule has 2 heterocycles. The van der Waals surface area contributed by atoms with Gasteiger partial charge in [0.05, 0.1) is 24.4 Å². The summed E-state index contributed by atoms with van der Waals surface area (Å²) in [5.41, 5.74) is 0.829. The first kappa shape index (κ1) is 13.4. The van der Waals surface area contributed by atoms with Gasteiger partial charge in [-0.3, -0.25) is 0 Å². The van der Waals surface area contributed by atoms with Gasteiger partial charge in [-0.1, -0.05) is 6.92 Å². The summed E-state index contributed by atoms with van der Waals surface area (Å²) in [6.45, 7) is 10.5. The first-order valence-corrected chi connectivity index (χ1v) is 6.65. The Labute approximate surface area is 109 Å². The zero-order valence-electron chi connectivity index (χ0n) is 11.5. The third-order valence-electron chi connectivity index (χ3n) is 2.97. The van der Waals surface area contributed by atoms with Crippen molar-refractivity contribution < 1.29 is 9.15 Å².